The molecule has 15 heavy (non-hydrogen) atoms. The van der Waals surface area contributed by atoms with E-state index in [2.05, 4.69) is 4.98 Å². The summed E-state index contributed by atoms with van der Waals surface area (Å²) in [5, 5.41) is 1.07. The number of aromatic nitrogens is 1. The van der Waals surface area contributed by atoms with Crippen LogP contribution in [0.25, 0.3) is 10.9 Å². The van der Waals surface area contributed by atoms with Gasteiger partial charge in [0, 0.05) is 11.6 Å². The molecule has 1 unspecified atom stereocenters. The molecule has 0 spiro atoms. The lowest BCUT2D eigenvalue weighted by atomic mass is 10.2. The maximum Gasteiger partial charge on any atom is 0.147 e. The molecule has 0 radical (unpaired) electrons. The highest BCUT2D eigenvalue weighted by molar-refractivity contribution is 5.84. The number of rotatable bonds is 3. The van der Waals surface area contributed by atoms with Crippen molar-refractivity contribution in [3.8, 4) is 5.75 Å². The van der Waals surface area contributed by atoms with Crippen LogP contribution in [0, 0.1) is 0 Å². The first-order chi connectivity index (χ1) is 7.31. The number of fused-ring (bicyclic) bond motifs is 1. The Kier molecular flexibility index (Phi) is 2.83. The zero-order valence-corrected chi connectivity index (χ0v) is 8.68. The minimum atomic E-state index is -0.266. The van der Waals surface area contributed by atoms with Crippen LogP contribution in [0.1, 0.15) is 13.3 Å². The van der Waals surface area contributed by atoms with Gasteiger partial charge in [-0.05, 0) is 18.6 Å². The smallest absolute Gasteiger partial charge is 0.147 e. The van der Waals surface area contributed by atoms with Gasteiger partial charge in [0.1, 0.15) is 17.5 Å². The Morgan fingerprint density at radius 3 is 2.93 bits per heavy atom. The van der Waals surface area contributed by atoms with Crippen molar-refractivity contribution in [3.05, 3.63) is 36.5 Å². The Hall–Kier alpha value is -1.61. The van der Waals surface area contributed by atoms with Gasteiger partial charge >= 0.3 is 0 Å². The van der Waals surface area contributed by atoms with Crippen molar-refractivity contribution in [2.24, 2.45) is 5.73 Å². The van der Waals surface area contributed by atoms with E-state index in [0.717, 1.165) is 23.1 Å². The number of pyridine rings is 1. The average Bonchev–Trinajstić information content (AvgIpc) is 2.29. The number of ether oxygens (including phenoxy) is 1. The van der Waals surface area contributed by atoms with Crippen LogP contribution in [0.15, 0.2) is 36.5 Å². The molecule has 2 rings (SSSR count). The molecular formula is C12H14N2O. The molecule has 0 saturated heterocycles. The van der Waals surface area contributed by atoms with Crippen LogP contribution in [0.3, 0.4) is 0 Å². The van der Waals surface area contributed by atoms with Crippen LogP contribution in [0.5, 0.6) is 5.75 Å². The van der Waals surface area contributed by atoms with Crippen LogP contribution in [-0.2, 0) is 0 Å². The van der Waals surface area contributed by atoms with Gasteiger partial charge in [-0.1, -0.05) is 25.1 Å². The third-order valence-corrected chi connectivity index (χ3v) is 2.28. The molecule has 0 bridgehead atoms. The molecule has 1 aromatic heterocycles. The number of hydrogen-bond donors (Lipinski definition) is 1. The fourth-order valence-electron chi connectivity index (χ4n) is 1.42. The van der Waals surface area contributed by atoms with E-state index in [-0.39, 0.29) is 6.23 Å². The molecule has 2 aromatic rings. The molecule has 78 valence electrons. The molecule has 3 heteroatoms. The second kappa shape index (κ2) is 4.28. The highest BCUT2D eigenvalue weighted by Crippen LogP contribution is 2.23. The molecule has 0 saturated carbocycles. The summed E-state index contributed by atoms with van der Waals surface area (Å²) in [5.74, 6) is 0.752. The minimum absolute atomic E-state index is 0.266. The maximum absolute atomic E-state index is 5.75. The van der Waals surface area contributed by atoms with Crippen molar-refractivity contribution < 1.29 is 4.74 Å². The van der Waals surface area contributed by atoms with Crippen molar-refractivity contribution >= 4 is 10.9 Å². The van der Waals surface area contributed by atoms with Gasteiger partial charge in [0.2, 0.25) is 0 Å². The van der Waals surface area contributed by atoms with E-state index in [1.54, 1.807) is 6.20 Å². The first kappa shape index (κ1) is 9.93. The second-order valence-corrected chi connectivity index (χ2v) is 3.40. The largest absolute Gasteiger partial charge is 0.473 e. The Balaban J connectivity index is 2.42. The molecule has 1 aromatic carbocycles. The summed E-state index contributed by atoms with van der Waals surface area (Å²) in [6.07, 6.45) is 2.27. The van der Waals surface area contributed by atoms with Gasteiger partial charge < -0.3 is 4.74 Å². The maximum atomic E-state index is 5.75. The SMILES string of the molecule is CCC(N)Oc1cccc2cccnc12. The molecule has 3 nitrogen and oxygen atoms in total. The van der Waals surface area contributed by atoms with Gasteiger partial charge in [-0.15, -0.1) is 0 Å². The van der Waals surface area contributed by atoms with Crippen molar-refractivity contribution in [3.63, 3.8) is 0 Å². The van der Waals surface area contributed by atoms with Crippen molar-refractivity contribution in [2.45, 2.75) is 19.6 Å². The van der Waals surface area contributed by atoms with Crippen LogP contribution in [-0.4, -0.2) is 11.2 Å². The minimum Gasteiger partial charge on any atom is -0.473 e. The Morgan fingerprint density at radius 1 is 1.33 bits per heavy atom. The lowest BCUT2D eigenvalue weighted by Gasteiger charge is -2.13. The molecule has 1 heterocycles. The third-order valence-electron chi connectivity index (χ3n) is 2.28. The van der Waals surface area contributed by atoms with E-state index in [0.29, 0.717) is 0 Å². The fraction of sp³-hybridized carbons (Fsp3) is 0.250. The first-order valence-electron chi connectivity index (χ1n) is 5.07. The zero-order chi connectivity index (χ0) is 10.7. The molecule has 0 amide bonds. The normalized spacial score (nSPS) is 12.7. The fourth-order valence-corrected chi connectivity index (χ4v) is 1.42. The lowest BCUT2D eigenvalue weighted by molar-refractivity contribution is 0.207. The molecule has 0 fully saturated rings. The summed E-state index contributed by atoms with van der Waals surface area (Å²) in [5.41, 5.74) is 6.61. The number of benzene rings is 1. The van der Waals surface area contributed by atoms with Crippen LogP contribution >= 0.6 is 0 Å². The quantitative estimate of drug-likeness (QED) is 0.777. The van der Waals surface area contributed by atoms with Crippen LogP contribution < -0.4 is 10.5 Å². The van der Waals surface area contributed by atoms with Crippen LogP contribution in [0.4, 0.5) is 0 Å². The summed E-state index contributed by atoms with van der Waals surface area (Å²) in [6.45, 7) is 1.99. The summed E-state index contributed by atoms with van der Waals surface area (Å²) < 4.78 is 5.59. The molecule has 1 atom stereocenters. The first-order valence-corrected chi connectivity index (χ1v) is 5.07. The summed E-state index contributed by atoms with van der Waals surface area (Å²) in [7, 11) is 0. The van der Waals surface area contributed by atoms with E-state index >= 15 is 0 Å². The standard InChI is InChI=1S/C12H14N2O/c1-2-11(13)15-10-7-3-5-9-6-4-8-14-12(9)10/h3-8,11H,2,13H2,1H3. The van der Waals surface area contributed by atoms with E-state index in [4.69, 9.17) is 10.5 Å². The Labute approximate surface area is 88.9 Å². The molecule has 2 N–H and O–H groups in total. The molecule has 0 aliphatic carbocycles. The van der Waals surface area contributed by atoms with Gasteiger partial charge in [-0.2, -0.15) is 0 Å². The topological polar surface area (TPSA) is 48.1 Å². The van der Waals surface area contributed by atoms with E-state index < -0.39 is 0 Å². The van der Waals surface area contributed by atoms with E-state index in [1.165, 1.54) is 0 Å². The number of nitrogens with two attached hydrogens (primary N) is 1. The van der Waals surface area contributed by atoms with Crippen molar-refractivity contribution in [2.75, 3.05) is 0 Å². The predicted molar refractivity (Wildman–Crippen MR) is 60.6 cm³/mol. The summed E-state index contributed by atoms with van der Waals surface area (Å²) in [4.78, 5) is 4.29. The van der Waals surface area contributed by atoms with Gasteiger partial charge in [-0.3, -0.25) is 10.7 Å². The van der Waals surface area contributed by atoms with Gasteiger partial charge in [0.25, 0.3) is 0 Å². The number of para-hydroxylation sites is 1. The zero-order valence-electron chi connectivity index (χ0n) is 8.68. The van der Waals surface area contributed by atoms with Gasteiger partial charge in [-0.25, -0.2) is 0 Å². The average molecular weight is 202 g/mol. The van der Waals surface area contributed by atoms with Crippen molar-refractivity contribution in [1.82, 2.24) is 4.98 Å². The molecule has 0 aliphatic rings. The third kappa shape index (κ3) is 2.07. The highest BCUT2D eigenvalue weighted by atomic mass is 16.5. The Bertz CT molecular complexity index is 451. The molecular weight excluding hydrogens is 188 g/mol. The summed E-state index contributed by atoms with van der Waals surface area (Å²) in [6, 6.07) is 9.76. The second-order valence-electron chi connectivity index (χ2n) is 3.40. The highest BCUT2D eigenvalue weighted by Gasteiger charge is 2.05. The number of nitrogens with zero attached hydrogens (tertiary/aromatic N) is 1. The number of hydrogen-bond acceptors (Lipinski definition) is 3. The lowest BCUT2D eigenvalue weighted by Crippen LogP contribution is -2.25. The molecule has 0 aliphatic heterocycles. The Morgan fingerprint density at radius 2 is 2.13 bits per heavy atom. The van der Waals surface area contributed by atoms with E-state index in [9.17, 15) is 0 Å². The van der Waals surface area contributed by atoms with Crippen molar-refractivity contribution in [1.29, 1.82) is 0 Å². The summed E-state index contributed by atoms with van der Waals surface area (Å²) >= 11 is 0. The predicted octanol–water partition coefficient (Wildman–Crippen LogP) is 2.31. The van der Waals surface area contributed by atoms with Gasteiger partial charge in [0.15, 0.2) is 0 Å². The van der Waals surface area contributed by atoms with Crippen LogP contribution in [0.2, 0.25) is 0 Å². The van der Waals surface area contributed by atoms with E-state index in [1.807, 2.05) is 37.3 Å². The monoisotopic (exact) mass is 202 g/mol. The van der Waals surface area contributed by atoms with Gasteiger partial charge in [0.05, 0.1) is 0 Å².